The standard InChI is InChI=1S/C12H17BrN2OS/c13-9-6-11(17-8-9)3-4-12(16)15-5-1-2-10(15)7-14/h6,8,10H,1-5,7,14H2. The van der Waals surface area contributed by atoms with Crippen LogP contribution in [0, 0.1) is 0 Å². The second kappa shape index (κ2) is 5.98. The fraction of sp³-hybridized carbons (Fsp3) is 0.583. The molecule has 1 aromatic heterocycles. The van der Waals surface area contributed by atoms with Crippen LogP contribution in [0.1, 0.15) is 24.1 Å². The van der Waals surface area contributed by atoms with Crippen molar-refractivity contribution in [1.82, 2.24) is 4.90 Å². The number of nitrogens with two attached hydrogens (primary N) is 1. The summed E-state index contributed by atoms with van der Waals surface area (Å²) in [4.78, 5) is 15.3. The molecule has 1 fully saturated rings. The Morgan fingerprint density at radius 1 is 1.65 bits per heavy atom. The zero-order chi connectivity index (χ0) is 12.3. The molecular formula is C12H17BrN2OS. The Balaban J connectivity index is 1.84. The Bertz CT molecular complexity index is 394. The van der Waals surface area contributed by atoms with Gasteiger partial charge in [0.25, 0.3) is 0 Å². The first kappa shape index (κ1) is 13.1. The molecule has 1 atom stereocenters. The number of halogens is 1. The molecule has 5 heteroatoms. The molecule has 1 aromatic rings. The first-order valence-electron chi connectivity index (χ1n) is 5.93. The fourth-order valence-corrected chi connectivity index (χ4v) is 3.72. The van der Waals surface area contributed by atoms with Crippen molar-refractivity contribution >= 4 is 33.2 Å². The van der Waals surface area contributed by atoms with Crippen LogP contribution in [0.3, 0.4) is 0 Å². The lowest BCUT2D eigenvalue weighted by atomic mass is 10.2. The van der Waals surface area contributed by atoms with Crippen LogP contribution in [0.15, 0.2) is 15.9 Å². The predicted molar refractivity (Wildman–Crippen MR) is 74.1 cm³/mol. The number of hydrogen-bond acceptors (Lipinski definition) is 3. The minimum Gasteiger partial charge on any atom is -0.338 e. The van der Waals surface area contributed by atoms with Crippen LogP contribution >= 0.6 is 27.3 Å². The Hall–Kier alpha value is -0.390. The summed E-state index contributed by atoms with van der Waals surface area (Å²) in [5, 5.41) is 2.05. The predicted octanol–water partition coefficient (Wildman–Crippen LogP) is 2.39. The average molecular weight is 317 g/mol. The number of nitrogens with zero attached hydrogens (tertiary/aromatic N) is 1. The van der Waals surface area contributed by atoms with Crippen LogP contribution in [0.25, 0.3) is 0 Å². The average Bonchev–Trinajstić information content (AvgIpc) is 2.94. The van der Waals surface area contributed by atoms with Gasteiger partial charge in [-0.25, -0.2) is 0 Å². The van der Waals surface area contributed by atoms with Gasteiger partial charge in [-0.2, -0.15) is 0 Å². The molecular weight excluding hydrogens is 300 g/mol. The van der Waals surface area contributed by atoms with Gasteiger partial charge in [0, 0.05) is 40.3 Å². The minimum absolute atomic E-state index is 0.252. The molecule has 1 unspecified atom stereocenters. The van der Waals surface area contributed by atoms with Crippen molar-refractivity contribution < 1.29 is 4.79 Å². The maximum atomic E-state index is 12.1. The van der Waals surface area contributed by atoms with Crippen LogP contribution in [0.2, 0.25) is 0 Å². The normalized spacial score (nSPS) is 19.9. The lowest BCUT2D eigenvalue weighted by Gasteiger charge is -2.23. The molecule has 1 aliphatic rings. The summed E-state index contributed by atoms with van der Waals surface area (Å²) in [5.41, 5.74) is 5.67. The molecule has 1 aliphatic heterocycles. The molecule has 2 N–H and O–H groups in total. The van der Waals surface area contributed by atoms with Crippen molar-refractivity contribution in [3.05, 3.63) is 20.8 Å². The number of thiophene rings is 1. The van der Waals surface area contributed by atoms with E-state index < -0.39 is 0 Å². The number of carbonyl (C=O) groups excluding carboxylic acids is 1. The van der Waals surface area contributed by atoms with Gasteiger partial charge in [0.05, 0.1) is 0 Å². The summed E-state index contributed by atoms with van der Waals surface area (Å²) in [6.07, 6.45) is 3.59. The highest BCUT2D eigenvalue weighted by Gasteiger charge is 2.26. The summed E-state index contributed by atoms with van der Waals surface area (Å²) >= 11 is 5.12. The van der Waals surface area contributed by atoms with Crippen LogP contribution in [0.5, 0.6) is 0 Å². The van der Waals surface area contributed by atoms with E-state index in [1.54, 1.807) is 11.3 Å². The largest absolute Gasteiger partial charge is 0.338 e. The molecule has 0 aromatic carbocycles. The third kappa shape index (κ3) is 3.30. The quantitative estimate of drug-likeness (QED) is 0.927. The molecule has 1 amide bonds. The summed E-state index contributed by atoms with van der Waals surface area (Å²) in [6.45, 7) is 1.48. The number of amides is 1. The molecule has 2 heterocycles. The van der Waals surface area contributed by atoms with Gasteiger partial charge in [0.15, 0.2) is 0 Å². The zero-order valence-corrected chi connectivity index (χ0v) is 12.1. The molecule has 3 nitrogen and oxygen atoms in total. The second-order valence-electron chi connectivity index (χ2n) is 4.35. The summed E-state index contributed by atoms with van der Waals surface area (Å²) in [7, 11) is 0. The molecule has 0 saturated carbocycles. The Labute approximate surface area is 114 Å². The molecule has 0 aliphatic carbocycles. The van der Waals surface area contributed by atoms with Crippen LogP contribution in [0.4, 0.5) is 0 Å². The van der Waals surface area contributed by atoms with E-state index in [2.05, 4.69) is 27.4 Å². The third-order valence-electron chi connectivity index (χ3n) is 3.18. The van der Waals surface area contributed by atoms with Crippen molar-refractivity contribution in [1.29, 1.82) is 0 Å². The highest BCUT2D eigenvalue weighted by molar-refractivity contribution is 9.10. The van der Waals surface area contributed by atoms with Crippen molar-refractivity contribution in [2.45, 2.75) is 31.7 Å². The third-order valence-corrected chi connectivity index (χ3v) is 4.93. The fourth-order valence-electron chi connectivity index (χ4n) is 2.27. The molecule has 17 heavy (non-hydrogen) atoms. The van der Waals surface area contributed by atoms with Crippen molar-refractivity contribution in [3.8, 4) is 0 Å². The van der Waals surface area contributed by atoms with Crippen LogP contribution in [-0.2, 0) is 11.2 Å². The van der Waals surface area contributed by atoms with E-state index in [-0.39, 0.29) is 11.9 Å². The summed E-state index contributed by atoms with van der Waals surface area (Å²) < 4.78 is 1.10. The highest BCUT2D eigenvalue weighted by Crippen LogP contribution is 2.22. The van der Waals surface area contributed by atoms with E-state index in [4.69, 9.17) is 5.73 Å². The van der Waals surface area contributed by atoms with Gasteiger partial charge >= 0.3 is 0 Å². The van der Waals surface area contributed by atoms with Crippen molar-refractivity contribution in [2.75, 3.05) is 13.1 Å². The Morgan fingerprint density at radius 2 is 2.47 bits per heavy atom. The van der Waals surface area contributed by atoms with Crippen LogP contribution in [-0.4, -0.2) is 29.9 Å². The maximum Gasteiger partial charge on any atom is 0.223 e. The highest BCUT2D eigenvalue weighted by atomic mass is 79.9. The van der Waals surface area contributed by atoms with Gasteiger partial charge in [-0.05, 0) is 41.3 Å². The molecule has 94 valence electrons. The van der Waals surface area contributed by atoms with Gasteiger partial charge in [0.1, 0.15) is 0 Å². The molecule has 0 bridgehead atoms. The van der Waals surface area contributed by atoms with E-state index in [0.717, 1.165) is 30.3 Å². The van der Waals surface area contributed by atoms with Gasteiger partial charge in [-0.1, -0.05) is 0 Å². The first-order chi connectivity index (χ1) is 8.20. The van der Waals surface area contributed by atoms with Gasteiger partial charge in [-0.3, -0.25) is 4.79 Å². The zero-order valence-electron chi connectivity index (χ0n) is 9.69. The van der Waals surface area contributed by atoms with Gasteiger partial charge < -0.3 is 10.6 Å². The lowest BCUT2D eigenvalue weighted by Crippen LogP contribution is -2.39. The van der Waals surface area contributed by atoms with Gasteiger partial charge in [0.2, 0.25) is 5.91 Å². The Morgan fingerprint density at radius 3 is 3.12 bits per heavy atom. The van der Waals surface area contributed by atoms with E-state index in [0.29, 0.717) is 13.0 Å². The minimum atomic E-state index is 0.252. The van der Waals surface area contributed by atoms with E-state index in [1.165, 1.54) is 4.88 Å². The van der Waals surface area contributed by atoms with Crippen LogP contribution < -0.4 is 5.73 Å². The van der Waals surface area contributed by atoms with Crippen molar-refractivity contribution in [3.63, 3.8) is 0 Å². The molecule has 0 radical (unpaired) electrons. The summed E-state index contributed by atoms with van der Waals surface area (Å²) in [5.74, 6) is 0.252. The topological polar surface area (TPSA) is 46.3 Å². The van der Waals surface area contributed by atoms with E-state index in [9.17, 15) is 4.79 Å². The maximum absolute atomic E-state index is 12.1. The number of carbonyl (C=O) groups is 1. The van der Waals surface area contributed by atoms with E-state index >= 15 is 0 Å². The number of rotatable bonds is 4. The smallest absolute Gasteiger partial charge is 0.223 e. The monoisotopic (exact) mass is 316 g/mol. The number of aryl methyl sites for hydroxylation is 1. The molecule has 1 saturated heterocycles. The first-order valence-corrected chi connectivity index (χ1v) is 7.60. The number of likely N-dealkylation sites (tertiary alicyclic amines) is 1. The van der Waals surface area contributed by atoms with Crippen molar-refractivity contribution in [2.24, 2.45) is 5.73 Å². The lowest BCUT2D eigenvalue weighted by molar-refractivity contribution is -0.131. The Kier molecular flexibility index (Phi) is 4.59. The number of hydrogen-bond donors (Lipinski definition) is 1. The molecule has 2 rings (SSSR count). The molecule has 0 spiro atoms. The van der Waals surface area contributed by atoms with Gasteiger partial charge in [-0.15, -0.1) is 11.3 Å². The summed E-state index contributed by atoms with van der Waals surface area (Å²) in [6, 6.07) is 2.36. The second-order valence-corrected chi connectivity index (χ2v) is 6.26. The van der Waals surface area contributed by atoms with E-state index in [1.807, 2.05) is 4.90 Å². The SMILES string of the molecule is NCC1CCCN1C(=O)CCc1cc(Br)cs1.